The van der Waals surface area contributed by atoms with Crippen LogP contribution in [0.2, 0.25) is 0 Å². The minimum atomic E-state index is -0.238. The third-order valence-corrected chi connectivity index (χ3v) is 1.35. The Morgan fingerprint density at radius 3 is 2.45 bits per heavy atom. The van der Waals surface area contributed by atoms with E-state index in [1.165, 1.54) is 12.1 Å². The van der Waals surface area contributed by atoms with Crippen LogP contribution in [-0.2, 0) is 6.54 Å². The average molecular weight is 155 g/mol. The summed E-state index contributed by atoms with van der Waals surface area (Å²) in [4.78, 5) is 0. The van der Waals surface area contributed by atoms with Crippen molar-refractivity contribution >= 4 is 0 Å². The van der Waals surface area contributed by atoms with E-state index in [2.05, 4.69) is 5.32 Å². The van der Waals surface area contributed by atoms with Gasteiger partial charge in [-0.25, -0.2) is 4.39 Å². The largest absolute Gasteiger partial charge is 0.381 e. The van der Waals surface area contributed by atoms with Crippen molar-refractivity contribution < 1.29 is 9.50 Å². The zero-order valence-electron chi connectivity index (χ0n) is 6.05. The van der Waals surface area contributed by atoms with Crippen molar-refractivity contribution in [2.45, 2.75) is 6.54 Å². The number of aliphatic hydroxyl groups excluding tert-OH is 1. The summed E-state index contributed by atoms with van der Waals surface area (Å²) >= 11 is 0. The van der Waals surface area contributed by atoms with Gasteiger partial charge in [0.05, 0.1) is 6.73 Å². The van der Waals surface area contributed by atoms with Crippen LogP contribution in [0.15, 0.2) is 24.3 Å². The summed E-state index contributed by atoms with van der Waals surface area (Å²) in [5, 5.41) is 11.1. The van der Waals surface area contributed by atoms with Gasteiger partial charge in [-0.3, -0.25) is 5.32 Å². The Hall–Kier alpha value is -0.930. The fourth-order valence-electron chi connectivity index (χ4n) is 0.802. The molecule has 2 nitrogen and oxygen atoms in total. The Labute approximate surface area is 64.7 Å². The number of nitrogens with one attached hydrogen (secondary N) is 1. The van der Waals surface area contributed by atoms with Gasteiger partial charge in [-0.1, -0.05) is 12.1 Å². The maximum Gasteiger partial charge on any atom is 0.123 e. The number of hydrogen-bond acceptors (Lipinski definition) is 2. The normalized spacial score (nSPS) is 10.0. The first-order valence-corrected chi connectivity index (χ1v) is 3.39. The standard InChI is InChI=1S/C8H10FNO/c9-8-3-1-7(2-4-8)5-10-6-11/h1-4,10-11H,5-6H2. The molecule has 1 aromatic carbocycles. The third kappa shape index (κ3) is 2.65. The van der Waals surface area contributed by atoms with Gasteiger partial charge in [0, 0.05) is 6.54 Å². The second-order valence-electron chi connectivity index (χ2n) is 2.21. The summed E-state index contributed by atoms with van der Waals surface area (Å²) < 4.78 is 12.3. The molecule has 1 rings (SSSR count). The highest BCUT2D eigenvalue weighted by Gasteiger charge is 1.91. The molecule has 0 aliphatic carbocycles. The van der Waals surface area contributed by atoms with Crippen molar-refractivity contribution in [3.63, 3.8) is 0 Å². The molecule has 0 amide bonds. The lowest BCUT2D eigenvalue weighted by Gasteiger charge is -1.99. The molecule has 0 aromatic heterocycles. The Balaban J connectivity index is 2.52. The van der Waals surface area contributed by atoms with Crippen molar-refractivity contribution in [1.29, 1.82) is 0 Å². The summed E-state index contributed by atoms with van der Waals surface area (Å²) in [5.41, 5.74) is 0.959. The molecule has 0 unspecified atom stereocenters. The third-order valence-electron chi connectivity index (χ3n) is 1.35. The van der Waals surface area contributed by atoms with Gasteiger partial charge in [-0.15, -0.1) is 0 Å². The first kappa shape index (κ1) is 8.17. The van der Waals surface area contributed by atoms with Crippen LogP contribution in [-0.4, -0.2) is 11.8 Å². The van der Waals surface area contributed by atoms with Gasteiger partial charge >= 0.3 is 0 Å². The Morgan fingerprint density at radius 2 is 1.91 bits per heavy atom. The van der Waals surface area contributed by atoms with Gasteiger partial charge in [0.15, 0.2) is 0 Å². The highest BCUT2D eigenvalue weighted by Crippen LogP contribution is 2.01. The second-order valence-corrected chi connectivity index (χ2v) is 2.21. The van der Waals surface area contributed by atoms with Crippen LogP contribution in [0.3, 0.4) is 0 Å². The van der Waals surface area contributed by atoms with Crippen LogP contribution in [0, 0.1) is 5.82 Å². The van der Waals surface area contributed by atoms with Crippen molar-refractivity contribution in [2.24, 2.45) is 0 Å². The summed E-state index contributed by atoms with van der Waals surface area (Å²) in [6.07, 6.45) is 0. The van der Waals surface area contributed by atoms with Crippen molar-refractivity contribution in [2.75, 3.05) is 6.73 Å². The van der Waals surface area contributed by atoms with Gasteiger partial charge in [-0.2, -0.15) is 0 Å². The fourth-order valence-corrected chi connectivity index (χ4v) is 0.802. The summed E-state index contributed by atoms with van der Waals surface area (Å²) in [6.45, 7) is 0.508. The first-order valence-electron chi connectivity index (χ1n) is 3.39. The van der Waals surface area contributed by atoms with Gasteiger partial charge in [0.2, 0.25) is 0 Å². The smallest absolute Gasteiger partial charge is 0.123 e. The van der Waals surface area contributed by atoms with Crippen LogP contribution < -0.4 is 5.32 Å². The molecule has 0 saturated carbocycles. The molecule has 0 saturated heterocycles. The minimum Gasteiger partial charge on any atom is -0.381 e. The molecule has 0 radical (unpaired) electrons. The van der Waals surface area contributed by atoms with Crippen LogP contribution in [0.4, 0.5) is 4.39 Å². The molecule has 0 bridgehead atoms. The molecule has 1 aromatic rings. The van der Waals surface area contributed by atoms with Gasteiger partial charge < -0.3 is 5.11 Å². The number of benzene rings is 1. The molecular formula is C8H10FNO. The highest BCUT2D eigenvalue weighted by molar-refractivity contribution is 5.15. The van der Waals surface area contributed by atoms with E-state index in [0.717, 1.165) is 5.56 Å². The molecule has 3 heteroatoms. The zero-order valence-corrected chi connectivity index (χ0v) is 6.05. The maximum absolute atomic E-state index is 12.3. The predicted octanol–water partition coefficient (Wildman–Crippen LogP) is 0.865. The SMILES string of the molecule is OCNCc1ccc(F)cc1. The van der Waals surface area contributed by atoms with Crippen molar-refractivity contribution in [3.05, 3.63) is 35.6 Å². The Bertz CT molecular complexity index is 210. The van der Waals surface area contributed by atoms with Crippen LogP contribution in [0.25, 0.3) is 0 Å². The summed E-state index contributed by atoms with van der Waals surface area (Å²) in [5.74, 6) is -0.238. The molecule has 0 aliphatic heterocycles. The van der Waals surface area contributed by atoms with E-state index >= 15 is 0 Å². The second kappa shape index (κ2) is 4.05. The van der Waals surface area contributed by atoms with Crippen molar-refractivity contribution in [3.8, 4) is 0 Å². The van der Waals surface area contributed by atoms with E-state index in [0.29, 0.717) is 6.54 Å². The molecule has 0 fully saturated rings. The molecule has 0 heterocycles. The van der Waals surface area contributed by atoms with E-state index in [-0.39, 0.29) is 12.5 Å². The van der Waals surface area contributed by atoms with E-state index in [1.807, 2.05) is 0 Å². The van der Waals surface area contributed by atoms with Gasteiger partial charge in [-0.05, 0) is 17.7 Å². The van der Waals surface area contributed by atoms with Crippen molar-refractivity contribution in [1.82, 2.24) is 5.32 Å². The highest BCUT2D eigenvalue weighted by atomic mass is 19.1. The van der Waals surface area contributed by atoms with Gasteiger partial charge in [0.1, 0.15) is 5.82 Å². The number of halogens is 1. The molecule has 11 heavy (non-hydrogen) atoms. The van der Waals surface area contributed by atoms with E-state index in [1.54, 1.807) is 12.1 Å². The molecule has 0 atom stereocenters. The lowest BCUT2D eigenvalue weighted by Crippen LogP contribution is -2.13. The van der Waals surface area contributed by atoms with E-state index < -0.39 is 0 Å². The number of rotatable bonds is 3. The lowest BCUT2D eigenvalue weighted by molar-refractivity contribution is 0.259. The number of hydrogen-bond donors (Lipinski definition) is 2. The molecule has 0 aliphatic rings. The van der Waals surface area contributed by atoms with Crippen LogP contribution >= 0.6 is 0 Å². The lowest BCUT2D eigenvalue weighted by atomic mass is 10.2. The van der Waals surface area contributed by atoms with Gasteiger partial charge in [0.25, 0.3) is 0 Å². The maximum atomic E-state index is 12.3. The topological polar surface area (TPSA) is 32.3 Å². The summed E-state index contributed by atoms with van der Waals surface area (Å²) in [6, 6.07) is 6.15. The average Bonchev–Trinajstić information content (AvgIpc) is 2.04. The number of aliphatic hydroxyl groups is 1. The predicted molar refractivity (Wildman–Crippen MR) is 40.3 cm³/mol. The fraction of sp³-hybridized carbons (Fsp3) is 0.250. The van der Waals surface area contributed by atoms with Crippen LogP contribution in [0.1, 0.15) is 5.56 Å². The monoisotopic (exact) mass is 155 g/mol. The molecule has 0 spiro atoms. The zero-order chi connectivity index (χ0) is 8.10. The minimum absolute atomic E-state index is 0.0582. The van der Waals surface area contributed by atoms with Crippen LogP contribution in [0.5, 0.6) is 0 Å². The summed E-state index contributed by atoms with van der Waals surface area (Å²) in [7, 11) is 0. The molecular weight excluding hydrogens is 145 g/mol. The first-order chi connectivity index (χ1) is 5.33. The Morgan fingerprint density at radius 1 is 1.27 bits per heavy atom. The molecule has 2 N–H and O–H groups in total. The van der Waals surface area contributed by atoms with E-state index in [4.69, 9.17) is 5.11 Å². The quantitative estimate of drug-likeness (QED) is 0.635. The van der Waals surface area contributed by atoms with E-state index in [9.17, 15) is 4.39 Å². The molecule has 60 valence electrons. The Kier molecular flexibility index (Phi) is 3.01.